The Balaban J connectivity index is 2.88. The molecule has 0 atom stereocenters. The van der Waals surface area contributed by atoms with Crippen molar-refractivity contribution in [2.45, 2.75) is 26.4 Å². The molecule has 1 N–H and O–H groups in total. The molecule has 0 aliphatic carbocycles. The fourth-order valence-corrected chi connectivity index (χ4v) is 1.69. The van der Waals surface area contributed by atoms with Crippen molar-refractivity contribution in [1.82, 2.24) is 4.90 Å². The summed E-state index contributed by atoms with van der Waals surface area (Å²) in [5.74, 6) is 0. The molecule has 0 aliphatic heterocycles. The molecule has 0 fully saturated rings. The zero-order chi connectivity index (χ0) is 12.8. The molecule has 5 heteroatoms. The third kappa shape index (κ3) is 3.80. The van der Waals surface area contributed by atoms with Crippen LogP contribution in [0.2, 0.25) is 0 Å². The molecule has 0 aliphatic rings. The van der Waals surface area contributed by atoms with E-state index < -0.39 is 0 Å². The SMILES string of the molecule is CC(C)N(CCO)Cc1ccccc1[N+](=O)[O-]. The van der Waals surface area contributed by atoms with Crippen LogP contribution in [0, 0.1) is 10.1 Å². The van der Waals surface area contributed by atoms with E-state index in [0.29, 0.717) is 18.7 Å². The van der Waals surface area contributed by atoms with Crippen LogP contribution in [0.25, 0.3) is 0 Å². The summed E-state index contributed by atoms with van der Waals surface area (Å²) in [5.41, 5.74) is 0.815. The first-order valence-electron chi connectivity index (χ1n) is 5.63. The van der Waals surface area contributed by atoms with Crippen molar-refractivity contribution in [1.29, 1.82) is 0 Å². The summed E-state index contributed by atoms with van der Waals surface area (Å²) in [6.45, 7) is 5.06. The highest BCUT2D eigenvalue weighted by atomic mass is 16.6. The number of nitro groups is 1. The van der Waals surface area contributed by atoms with E-state index in [2.05, 4.69) is 0 Å². The summed E-state index contributed by atoms with van der Waals surface area (Å²) >= 11 is 0. The molecule has 1 rings (SSSR count). The van der Waals surface area contributed by atoms with E-state index in [1.165, 1.54) is 6.07 Å². The molecule has 5 nitrogen and oxygen atoms in total. The van der Waals surface area contributed by atoms with Crippen molar-refractivity contribution in [2.24, 2.45) is 0 Å². The van der Waals surface area contributed by atoms with Gasteiger partial charge < -0.3 is 5.11 Å². The second-order valence-corrected chi connectivity index (χ2v) is 4.17. The summed E-state index contributed by atoms with van der Waals surface area (Å²) in [5, 5.41) is 19.8. The number of nitro benzene ring substituents is 1. The summed E-state index contributed by atoms with van der Waals surface area (Å²) in [6, 6.07) is 6.95. The van der Waals surface area contributed by atoms with Crippen LogP contribution in [0.15, 0.2) is 24.3 Å². The van der Waals surface area contributed by atoms with E-state index in [9.17, 15) is 10.1 Å². The minimum absolute atomic E-state index is 0.0544. The number of rotatable bonds is 6. The van der Waals surface area contributed by atoms with Crippen LogP contribution < -0.4 is 0 Å². The molecule has 1 aromatic carbocycles. The lowest BCUT2D eigenvalue weighted by Crippen LogP contribution is -2.33. The Morgan fingerprint density at radius 3 is 2.59 bits per heavy atom. The molecular formula is C12H18N2O3. The van der Waals surface area contributed by atoms with Gasteiger partial charge in [0.15, 0.2) is 0 Å². The Kier molecular flexibility index (Phi) is 5.06. The lowest BCUT2D eigenvalue weighted by atomic mass is 10.1. The number of aliphatic hydroxyl groups excluding tert-OH is 1. The molecule has 1 aromatic rings. The summed E-state index contributed by atoms with van der Waals surface area (Å²) < 4.78 is 0. The first-order chi connectivity index (χ1) is 8.06. The molecular weight excluding hydrogens is 220 g/mol. The van der Waals surface area contributed by atoms with Gasteiger partial charge in [-0.25, -0.2) is 0 Å². The van der Waals surface area contributed by atoms with Gasteiger partial charge in [0.05, 0.1) is 11.5 Å². The topological polar surface area (TPSA) is 66.6 Å². The van der Waals surface area contributed by atoms with Gasteiger partial charge >= 0.3 is 0 Å². The van der Waals surface area contributed by atoms with Crippen LogP contribution in [0.4, 0.5) is 5.69 Å². The Morgan fingerprint density at radius 1 is 1.41 bits per heavy atom. The Bertz CT molecular complexity index is 380. The van der Waals surface area contributed by atoms with Gasteiger partial charge in [0.2, 0.25) is 0 Å². The highest BCUT2D eigenvalue weighted by Crippen LogP contribution is 2.20. The first-order valence-corrected chi connectivity index (χ1v) is 5.63. The molecule has 0 aromatic heterocycles. The first kappa shape index (κ1) is 13.6. The van der Waals surface area contributed by atoms with Gasteiger partial charge in [-0.15, -0.1) is 0 Å². The third-order valence-electron chi connectivity index (χ3n) is 2.68. The molecule has 17 heavy (non-hydrogen) atoms. The Labute approximate surface area is 101 Å². The van der Waals surface area contributed by atoms with E-state index in [-0.39, 0.29) is 23.3 Å². The van der Waals surface area contributed by atoms with Crippen LogP contribution >= 0.6 is 0 Å². The van der Waals surface area contributed by atoms with Crippen molar-refractivity contribution in [3.05, 3.63) is 39.9 Å². The van der Waals surface area contributed by atoms with Crippen LogP contribution in [-0.2, 0) is 6.54 Å². The minimum atomic E-state index is -0.368. The van der Waals surface area contributed by atoms with Crippen molar-refractivity contribution < 1.29 is 10.0 Å². The van der Waals surface area contributed by atoms with Crippen LogP contribution in [0.3, 0.4) is 0 Å². The molecule has 94 valence electrons. The van der Waals surface area contributed by atoms with Crippen LogP contribution in [0.1, 0.15) is 19.4 Å². The highest BCUT2D eigenvalue weighted by Gasteiger charge is 2.16. The van der Waals surface area contributed by atoms with E-state index in [1.54, 1.807) is 18.2 Å². The predicted octanol–water partition coefficient (Wildman–Crippen LogP) is 1.80. The molecule has 0 unspecified atom stereocenters. The fourth-order valence-electron chi connectivity index (χ4n) is 1.69. The molecule has 0 amide bonds. The van der Waals surface area contributed by atoms with Crippen molar-refractivity contribution >= 4 is 5.69 Å². The van der Waals surface area contributed by atoms with Gasteiger partial charge in [0.25, 0.3) is 5.69 Å². The van der Waals surface area contributed by atoms with Crippen LogP contribution in [0.5, 0.6) is 0 Å². The number of hydrogen-bond acceptors (Lipinski definition) is 4. The van der Waals surface area contributed by atoms with Gasteiger partial charge in [-0.1, -0.05) is 18.2 Å². The van der Waals surface area contributed by atoms with Crippen molar-refractivity contribution in [2.75, 3.05) is 13.2 Å². The summed E-state index contributed by atoms with van der Waals surface area (Å²) in [4.78, 5) is 12.5. The van der Waals surface area contributed by atoms with Gasteiger partial charge in [-0.3, -0.25) is 15.0 Å². The minimum Gasteiger partial charge on any atom is -0.395 e. The lowest BCUT2D eigenvalue weighted by Gasteiger charge is -2.25. The summed E-state index contributed by atoms with van der Waals surface area (Å²) in [6.07, 6.45) is 0. The zero-order valence-electron chi connectivity index (χ0n) is 10.2. The summed E-state index contributed by atoms with van der Waals surface area (Å²) in [7, 11) is 0. The number of aliphatic hydroxyl groups is 1. The molecule has 0 spiro atoms. The van der Waals surface area contributed by atoms with Gasteiger partial charge in [0.1, 0.15) is 0 Å². The number of nitrogens with zero attached hydrogens (tertiary/aromatic N) is 2. The predicted molar refractivity (Wildman–Crippen MR) is 65.7 cm³/mol. The van der Waals surface area contributed by atoms with E-state index in [0.717, 1.165) is 0 Å². The van der Waals surface area contributed by atoms with Crippen molar-refractivity contribution in [3.8, 4) is 0 Å². The maximum Gasteiger partial charge on any atom is 0.273 e. The number of benzene rings is 1. The van der Waals surface area contributed by atoms with E-state index >= 15 is 0 Å². The number of para-hydroxylation sites is 1. The quantitative estimate of drug-likeness (QED) is 0.606. The molecule has 0 saturated heterocycles. The van der Waals surface area contributed by atoms with E-state index in [1.807, 2.05) is 18.7 Å². The highest BCUT2D eigenvalue weighted by molar-refractivity contribution is 5.39. The van der Waals surface area contributed by atoms with Crippen LogP contribution in [-0.4, -0.2) is 34.1 Å². The average Bonchev–Trinajstić information content (AvgIpc) is 2.28. The lowest BCUT2D eigenvalue weighted by molar-refractivity contribution is -0.385. The maximum absolute atomic E-state index is 10.9. The zero-order valence-corrected chi connectivity index (χ0v) is 10.2. The fraction of sp³-hybridized carbons (Fsp3) is 0.500. The molecule has 0 radical (unpaired) electrons. The molecule has 0 bridgehead atoms. The maximum atomic E-state index is 10.9. The number of hydrogen-bond donors (Lipinski definition) is 1. The second-order valence-electron chi connectivity index (χ2n) is 4.17. The molecule has 0 heterocycles. The standard InChI is InChI=1S/C12H18N2O3/c1-10(2)13(7-8-15)9-11-5-3-4-6-12(11)14(16)17/h3-6,10,15H,7-9H2,1-2H3. The van der Waals surface area contributed by atoms with Gasteiger partial charge in [-0.05, 0) is 13.8 Å². The molecule has 0 saturated carbocycles. The van der Waals surface area contributed by atoms with E-state index in [4.69, 9.17) is 5.11 Å². The Hall–Kier alpha value is -1.46. The average molecular weight is 238 g/mol. The van der Waals surface area contributed by atoms with Gasteiger partial charge in [-0.2, -0.15) is 0 Å². The monoisotopic (exact) mass is 238 g/mol. The smallest absolute Gasteiger partial charge is 0.273 e. The third-order valence-corrected chi connectivity index (χ3v) is 2.68. The van der Waals surface area contributed by atoms with Crippen molar-refractivity contribution in [3.63, 3.8) is 0 Å². The Morgan fingerprint density at radius 2 is 2.06 bits per heavy atom. The second kappa shape index (κ2) is 6.32. The normalized spacial score (nSPS) is 11.1. The van der Waals surface area contributed by atoms with Gasteiger partial charge in [0, 0.05) is 30.8 Å². The largest absolute Gasteiger partial charge is 0.395 e.